The molecule has 2 heterocycles. The van der Waals surface area contributed by atoms with Crippen LogP contribution in [-0.2, 0) is 11.2 Å². The normalized spacial score (nSPS) is 16.4. The van der Waals surface area contributed by atoms with Gasteiger partial charge in [-0.15, -0.1) is 0 Å². The van der Waals surface area contributed by atoms with Gasteiger partial charge in [0.05, 0.1) is 12.1 Å². The summed E-state index contributed by atoms with van der Waals surface area (Å²) in [5.74, 6) is 0.138. The molecular weight excluding hydrogens is 362 g/mol. The fourth-order valence-corrected chi connectivity index (χ4v) is 3.40. The number of nitrogens with zero attached hydrogens (tertiary/aromatic N) is 2. The molecule has 144 valence electrons. The van der Waals surface area contributed by atoms with Gasteiger partial charge in [-0.3, -0.25) is 9.89 Å². The number of aromatic nitrogens is 2. The lowest BCUT2D eigenvalue weighted by Gasteiger charge is -2.16. The maximum Gasteiger partial charge on any atom is 0.224 e. The molecule has 7 heteroatoms. The van der Waals surface area contributed by atoms with E-state index in [1.165, 1.54) is 24.3 Å². The van der Waals surface area contributed by atoms with E-state index in [1.54, 1.807) is 24.3 Å². The topological polar surface area (TPSA) is 61.0 Å². The Balaban J connectivity index is 1.33. The van der Waals surface area contributed by atoms with Gasteiger partial charge in [0, 0.05) is 25.2 Å². The van der Waals surface area contributed by atoms with Crippen molar-refractivity contribution in [3.63, 3.8) is 0 Å². The van der Waals surface area contributed by atoms with Crippen LogP contribution in [0.3, 0.4) is 0 Å². The number of anilines is 1. The van der Waals surface area contributed by atoms with Gasteiger partial charge in [-0.1, -0.05) is 12.1 Å². The van der Waals surface area contributed by atoms with E-state index in [9.17, 15) is 13.6 Å². The molecule has 0 bridgehead atoms. The second kappa shape index (κ2) is 7.80. The van der Waals surface area contributed by atoms with Gasteiger partial charge in [0.1, 0.15) is 11.6 Å². The molecule has 2 aromatic carbocycles. The van der Waals surface area contributed by atoms with Crippen molar-refractivity contribution in [2.24, 2.45) is 0 Å². The van der Waals surface area contributed by atoms with E-state index in [0.29, 0.717) is 6.54 Å². The maximum atomic E-state index is 13.1. The largest absolute Gasteiger partial charge is 0.353 e. The van der Waals surface area contributed by atoms with E-state index >= 15 is 0 Å². The van der Waals surface area contributed by atoms with Crippen molar-refractivity contribution in [3.05, 3.63) is 71.8 Å². The first-order valence-electron chi connectivity index (χ1n) is 9.17. The van der Waals surface area contributed by atoms with E-state index in [0.717, 1.165) is 35.6 Å². The molecule has 2 N–H and O–H groups in total. The first-order chi connectivity index (χ1) is 13.6. The maximum absolute atomic E-state index is 13.1. The van der Waals surface area contributed by atoms with Crippen LogP contribution in [0.25, 0.3) is 11.3 Å². The zero-order valence-corrected chi connectivity index (χ0v) is 15.2. The van der Waals surface area contributed by atoms with Crippen LogP contribution in [-0.4, -0.2) is 35.2 Å². The van der Waals surface area contributed by atoms with Gasteiger partial charge in [-0.2, -0.15) is 5.10 Å². The number of H-pyrrole nitrogens is 1. The molecule has 0 radical (unpaired) electrons. The smallest absolute Gasteiger partial charge is 0.224 e. The number of nitrogens with one attached hydrogen (secondary N) is 2. The third-order valence-electron chi connectivity index (χ3n) is 4.87. The highest BCUT2D eigenvalue weighted by molar-refractivity contribution is 5.79. The number of hydrogen-bond donors (Lipinski definition) is 2. The Kier molecular flexibility index (Phi) is 5.06. The van der Waals surface area contributed by atoms with Gasteiger partial charge in [0.15, 0.2) is 5.82 Å². The van der Waals surface area contributed by atoms with Gasteiger partial charge in [-0.25, -0.2) is 8.78 Å². The average molecular weight is 382 g/mol. The Morgan fingerprint density at radius 1 is 1.11 bits per heavy atom. The number of hydrogen-bond acceptors (Lipinski definition) is 3. The highest BCUT2D eigenvalue weighted by Gasteiger charge is 2.25. The number of carbonyl (C=O) groups excluding carboxylic acids is 1. The van der Waals surface area contributed by atoms with E-state index in [1.807, 2.05) is 6.07 Å². The van der Waals surface area contributed by atoms with Crippen molar-refractivity contribution in [2.45, 2.75) is 18.9 Å². The monoisotopic (exact) mass is 382 g/mol. The number of rotatable bonds is 5. The Morgan fingerprint density at radius 3 is 2.50 bits per heavy atom. The summed E-state index contributed by atoms with van der Waals surface area (Å²) >= 11 is 0. The SMILES string of the molecule is O=C(Cc1ccc(F)cc1)NC1CCN(c2cc(-c3ccc(F)cc3)[nH]n2)C1. The predicted molar refractivity (Wildman–Crippen MR) is 103 cm³/mol. The van der Waals surface area contributed by atoms with Crippen LogP contribution in [0, 0.1) is 11.6 Å². The lowest BCUT2D eigenvalue weighted by atomic mass is 10.1. The van der Waals surface area contributed by atoms with Crippen molar-refractivity contribution in [1.82, 2.24) is 15.5 Å². The third-order valence-corrected chi connectivity index (χ3v) is 4.87. The molecule has 1 saturated heterocycles. The molecule has 1 unspecified atom stereocenters. The minimum absolute atomic E-state index is 0.0407. The van der Waals surface area contributed by atoms with Crippen molar-refractivity contribution in [2.75, 3.05) is 18.0 Å². The highest BCUT2D eigenvalue weighted by atomic mass is 19.1. The molecule has 5 nitrogen and oxygen atoms in total. The number of aromatic amines is 1. The van der Waals surface area contributed by atoms with Gasteiger partial charge in [-0.05, 0) is 53.9 Å². The Bertz CT molecular complexity index is 953. The van der Waals surface area contributed by atoms with Crippen LogP contribution in [0.1, 0.15) is 12.0 Å². The zero-order valence-electron chi connectivity index (χ0n) is 15.2. The molecule has 28 heavy (non-hydrogen) atoms. The van der Waals surface area contributed by atoms with E-state index < -0.39 is 0 Å². The van der Waals surface area contributed by atoms with Gasteiger partial charge < -0.3 is 10.2 Å². The second-order valence-electron chi connectivity index (χ2n) is 6.95. The summed E-state index contributed by atoms with van der Waals surface area (Å²) < 4.78 is 26.0. The molecular formula is C21H20F2N4O. The Hall–Kier alpha value is -3.22. The minimum atomic E-state index is -0.311. The molecule has 1 aliphatic rings. The highest BCUT2D eigenvalue weighted by Crippen LogP contribution is 2.24. The van der Waals surface area contributed by atoms with Crippen LogP contribution < -0.4 is 10.2 Å². The summed E-state index contributed by atoms with van der Waals surface area (Å²) in [4.78, 5) is 14.3. The molecule has 1 aliphatic heterocycles. The number of carbonyl (C=O) groups is 1. The summed E-state index contributed by atoms with van der Waals surface area (Å²) in [7, 11) is 0. The molecule has 3 aromatic rings. The molecule has 0 saturated carbocycles. The summed E-state index contributed by atoms with van der Waals surface area (Å²) in [6, 6.07) is 14.2. The van der Waals surface area contributed by atoms with E-state index in [-0.39, 0.29) is 30.0 Å². The molecule has 4 rings (SSSR count). The van der Waals surface area contributed by atoms with Crippen molar-refractivity contribution < 1.29 is 13.6 Å². The zero-order chi connectivity index (χ0) is 19.5. The summed E-state index contributed by atoms with van der Waals surface area (Å²) in [5, 5.41) is 10.4. The van der Waals surface area contributed by atoms with Crippen molar-refractivity contribution in [1.29, 1.82) is 0 Å². The number of amides is 1. The summed E-state index contributed by atoms with van der Waals surface area (Å²) in [6.07, 6.45) is 1.06. The quantitative estimate of drug-likeness (QED) is 0.712. The average Bonchev–Trinajstić information content (AvgIpc) is 3.34. The molecule has 0 aliphatic carbocycles. The molecule has 1 fully saturated rings. The van der Waals surface area contributed by atoms with Gasteiger partial charge >= 0.3 is 0 Å². The summed E-state index contributed by atoms with van der Waals surface area (Å²) in [6.45, 7) is 1.46. The summed E-state index contributed by atoms with van der Waals surface area (Å²) in [5.41, 5.74) is 2.47. The lowest BCUT2D eigenvalue weighted by molar-refractivity contribution is -0.121. The fourth-order valence-electron chi connectivity index (χ4n) is 3.40. The predicted octanol–water partition coefficient (Wildman–Crippen LogP) is 3.29. The Labute approximate surface area is 161 Å². The van der Waals surface area contributed by atoms with Crippen LogP contribution in [0.5, 0.6) is 0 Å². The van der Waals surface area contributed by atoms with Gasteiger partial charge in [0.25, 0.3) is 0 Å². The van der Waals surface area contributed by atoms with Gasteiger partial charge in [0.2, 0.25) is 5.91 Å². The van der Waals surface area contributed by atoms with Crippen LogP contribution >= 0.6 is 0 Å². The molecule has 1 aromatic heterocycles. The number of benzene rings is 2. The molecule has 1 atom stereocenters. The number of halogens is 2. The van der Waals surface area contributed by atoms with Crippen molar-refractivity contribution >= 4 is 11.7 Å². The van der Waals surface area contributed by atoms with Crippen LogP contribution in [0.15, 0.2) is 54.6 Å². The standard InChI is InChI=1S/C21H20F2N4O/c22-16-5-1-14(2-6-16)11-21(28)24-18-9-10-27(13-18)20-12-19(25-26-20)15-3-7-17(23)8-4-15/h1-8,12,18H,9-11,13H2,(H,24,28)(H,25,26). The first kappa shape index (κ1) is 18.2. The van der Waals surface area contributed by atoms with E-state index in [2.05, 4.69) is 20.4 Å². The molecule has 1 amide bonds. The Morgan fingerprint density at radius 2 is 1.79 bits per heavy atom. The van der Waals surface area contributed by atoms with Crippen LogP contribution in [0.2, 0.25) is 0 Å². The fraction of sp³-hybridized carbons (Fsp3) is 0.238. The van der Waals surface area contributed by atoms with E-state index in [4.69, 9.17) is 0 Å². The van der Waals surface area contributed by atoms with Crippen molar-refractivity contribution in [3.8, 4) is 11.3 Å². The van der Waals surface area contributed by atoms with Crippen LogP contribution in [0.4, 0.5) is 14.6 Å². The lowest BCUT2D eigenvalue weighted by Crippen LogP contribution is -2.38. The third kappa shape index (κ3) is 4.19. The molecule has 0 spiro atoms. The first-order valence-corrected chi connectivity index (χ1v) is 9.17. The second-order valence-corrected chi connectivity index (χ2v) is 6.95. The minimum Gasteiger partial charge on any atom is -0.353 e.